The molecule has 0 saturated carbocycles. The predicted octanol–water partition coefficient (Wildman–Crippen LogP) is 3.02. The summed E-state index contributed by atoms with van der Waals surface area (Å²) in [5.41, 5.74) is 1.61. The Morgan fingerprint density at radius 3 is 2.60 bits per heavy atom. The molecule has 1 heterocycles. The Hall–Kier alpha value is -0.340. The maximum absolute atomic E-state index is 5.48. The van der Waals surface area contributed by atoms with E-state index in [1.807, 2.05) is 7.05 Å². The lowest BCUT2D eigenvalue weighted by Crippen LogP contribution is -2.52. The van der Waals surface area contributed by atoms with E-state index in [4.69, 9.17) is 4.74 Å². The number of guanidine groups is 1. The second-order valence-corrected chi connectivity index (χ2v) is 7.20. The highest BCUT2D eigenvalue weighted by molar-refractivity contribution is 14.0. The van der Waals surface area contributed by atoms with Crippen LogP contribution in [0.25, 0.3) is 0 Å². The van der Waals surface area contributed by atoms with Gasteiger partial charge in [-0.15, -0.1) is 24.0 Å². The Labute approximate surface area is 171 Å². The van der Waals surface area contributed by atoms with Crippen molar-refractivity contribution >= 4 is 29.9 Å². The summed E-state index contributed by atoms with van der Waals surface area (Å²) in [5.74, 6) is 1.53. The Balaban J connectivity index is 0.00000312. The van der Waals surface area contributed by atoms with Crippen molar-refractivity contribution in [2.45, 2.75) is 52.0 Å². The minimum absolute atomic E-state index is 0. The average Bonchev–Trinajstić information content (AvgIpc) is 2.62. The first kappa shape index (κ1) is 22.7. The van der Waals surface area contributed by atoms with Crippen LogP contribution >= 0.6 is 24.0 Å². The highest BCUT2D eigenvalue weighted by Gasteiger charge is 2.23. The first-order valence-corrected chi connectivity index (χ1v) is 9.65. The van der Waals surface area contributed by atoms with Gasteiger partial charge in [0.25, 0.3) is 0 Å². The molecule has 1 unspecified atom stereocenters. The van der Waals surface area contributed by atoms with Crippen molar-refractivity contribution in [3.63, 3.8) is 0 Å². The molecule has 2 aliphatic rings. The SMILES string of the molecule is CN=C(NCCC1=CCCCC1)NCC(C(C)C)N1CCOCC1.I. The van der Waals surface area contributed by atoms with E-state index < -0.39 is 0 Å². The molecule has 0 aromatic heterocycles. The average molecular weight is 464 g/mol. The van der Waals surface area contributed by atoms with Gasteiger partial charge in [0.2, 0.25) is 0 Å². The van der Waals surface area contributed by atoms with Gasteiger partial charge < -0.3 is 15.4 Å². The molecule has 0 spiro atoms. The van der Waals surface area contributed by atoms with Gasteiger partial charge in [0.05, 0.1) is 13.2 Å². The smallest absolute Gasteiger partial charge is 0.191 e. The molecule has 1 aliphatic carbocycles. The Kier molecular flexibility index (Phi) is 11.7. The van der Waals surface area contributed by atoms with Gasteiger partial charge in [0.1, 0.15) is 0 Å². The van der Waals surface area contributed by atoms with Crippen molar-refractivity contribution in [3.05, 3.63) is 11.6 Å². The van der Waals surface area contributed by atoms with Gasteiger partial charge in [-0.1, -0.05) is 25.5 Å². The Morgan fingerprint density at radius 1 is 1.24 bits per heavy atom. The number of ether oxygens (including phenoxy) is 1. The van der Waals surface area contributed by atoms with Crippen LogP contribution in [0.4, 0.5) is 0 Å². The number of hydrogen-bond acceptors (Lipinski definition) is 3. The zero-order valence-electron chi connectivity index (χ0n) is 16.2. The molecule has 146 valence electrons. The summed E-state index contributed by atoms with van der Waals surface area (Å²) in [6, 6.07) is 0.522. The lowest BCUT2D eigenvalue weighted by atomic mass is 9.97. The van der Waals surface area contributed by atoms with Gasteiger partial charge in [0.15, 0.2) is 5.96 Å². The van der Waals surface area contributed by atoms with Crippen LogP contribution in [0.5, 0.6) is 0 Å². The van der Waals surface area contributed by atoms with Crippen LogP contribution in [0, 0.1) is 5.92 Å². The van der Waals surface area contributed by atoms with Crippen molar-refractivity contribution in [2.24, 2.45) is 10.9 Å². The van der Waals surface area contributed by atoms with Crippen LogP contribution in [-0.2, 0) is 4.74 Å². The minimum Gasteiger partial charge on any atom is -0.379 e. The summed E-state index contributed by atoms with van der Waals surface area (Å²) >= 11 is 0. The first-order valence-electron chi connectivity index (χ1n) is 9.65. The van der Waals surface area contributed by atoms with Gasteiger partial charge in [-0.3, -0.25) is 9.89 Å². The molecule has 1 aliphatic heterocycles. The Morgan fingerprint density at radius 2 is 2.00 bits per heavy atom. The number of hydrogen-bond donors (Lipinski definition) is 2. The zero-order chi connectivity index (χ0) is 17.2. The summed E-state index contributed by atoms with van der Waals surface area (Å²) in [6.45, 7) is 10.3. The summed E-state index contributed by atoms with van der Waals surface area (Å²) in [7, 11) is 1.86. The summed E-state index contributed by atoms with van der Waals surface area (Å²) < 4.78 is 5.48. The van der Waals surface area contributed by atoms with E-state index in [0.717, 1.165) is 51.8 Å². The number of nitrogens with zero attached hydrogens (tertiary/aromatic N) is 2. The number of nitrogens with one attached hydrogen (secondary N) is 2. The molecule has 1 saturated heterocycles. The molecular weight excluding hydrogens is 427 g/mol. The lowest BCUT2D eigenvalue weighted by molar-refractivity contribution is 0.00752. The van der Waals surface area contributed by atoms with Gasteiger partial charge >= 0.3 is 0 Å². The van der Waals surface area contributed by atoms with E-state index in [1.165, 1.54) is 25.7 Å². The molecule has 2 rings (SSSR count). The van der Waals surface area contributed by atoms with E-state index in [-0.39, 0.29) is 24.0 Å². The highest BCUT2D eigenvalue weighted by Crippen LogP contribution is 2.19. The predicted molar refractivity (Wildman–Crippen MR) is 117 cm³/mol. The van der Waals surface area contributed by atoms with Gasteiger partial charge in [-0.25, -0.2) is 0 Å². The van der Waals surface area contributed by atoms with E-state index >= 15 is 0 Å². The summed E-state index contributed by atoms with van der Waals surface area (Å²) in [5, 5.41) is 6.99. The molecule has 0 aromatic rings. The second-order valence-electron chi connectivity index (χ2n) is 7.20. The molecule has 25 heavy (non-hydrogen) atoms. The fourth-order valence-electron chi connectivity index (χ4n) is 3.59. The zero-order valence-corrected chi connectivity index (χ0v) is 18.6. The quantitative estimate of drug-likeness (QED) is 0.263. The van der Waals surface area contributed by atoms with E-state index in [2.05, 4.69) is 40.4 Å². The van der Waals surface area contributed by atoms with E-state index in [9.17, 15) is 0 Å². The third kappa shape index (κ3) is 8.26. The highest BCUT2D eigenvalue weighted by atomic mass is 127. The molecule has 1 fully saturated rings. The van der Waals surface area contributed by atoms with Crippen LogP contribution in [0.2, 0.25) is 0 Å². The number of morpholine rings is 1. The van der Waals surface area contributed by atoms with Crippen LogP contribution < -0.4 is 10.6 Å². The molecule has 1 atom stereocenters. The standard InChI is InChI=1S/C19H36N4O.HI/c1-16(2)18(23-11-13-24-14-12-23)15-22-19(20-3)21-10-9-17-7-5-4-6-8-17;/h7,16,18H,4-6,8-15H2,1-3H3,(H2,20,21,22);1H. The van der Waals surface area contributed by atoms with Crippen molar-refractivity contribution < 1.29 is 4.74 Å². The first-order chi connectivity index (χ1) is 11.7. The fourth-order valence-corrected chi connectivity index (χ4v) is 3.59. The maximum atomic E-state index is 5.48. The van der Waals surface area contributed by atoms with Crippen LogP contribution in [0.1, 0.15) is 46.0 Å². The fraction of sp³-hybridized carbons (Fsp3) is 0.842. The minimum atomic E-state index is 0. The molecule has 6 heteroatoms. The largest absolute Gasteiger partial charge is 0.379 e. The monoisotopic (exact) mass is 464 g/mol. The molecule has 0 radical (unpaired) electrons. The van der Waals surface area contributed by atoms with Crippen LogP contribution in [-0.4, -0.2) is 63.3 Å². The number of aliphatic imine (C=N–C) groups is 1. The van der Waals surface area contributed by atoms with Crippen LogP contribution in [0.3, 0.4) is 0 Å². The number of allylic oxidation sites excluding steroid dienone is 1. The summed E-state index contributed by atoms with van der Waals surface area (Å²) in [6.07, 6.45) is 8.82. The van der Waals surface area contributed by atoms with Crippen LogP contribution in [0.15, 0.2) is 16.6 Å². The summed E-state index contributed by atoms with van der Waals surface area (Å²) in [4.78, 5) is 6.92. The molecule has 2 N–H and O–H groups in total. The van der Waals surface area contributed by atoms with Gasteiger partial charge in [-0.2, -0.15) is 0 Å². The maximum Gasteiger partial charge on any atom is 0.191 e. The molecule has 0 bridgehead atoms. The molecular formula is C19H37IN4O. The van der Waals surface area contributed by atoms with E-state index in [1.54, 1.807) is 5.57 Å². The number of rotatable bonds is 7. The molecule has 0 aromatic carbocycles. The van der Waals surface area contributed by atoms with Gasteiger partial charge in [0, 0.05) is 39.3 Å². The van der Waals surface area contributed by atoms with Crippen molar-refractivity contribution in [3.8, 4) is 0 Å². The van der Waals surface area contributed by atoms with Crippen molar-refractivity contribution in [2.75, 3.05) is 46.4 Å². The topological polar surface area (TPSA) is 48.9 Å². The van der Waals surface area contributed by atoms with E-state index in [0.29, 0.717) is 12.0 Å². The van der Waals surface area contributed by atoms with Crippen molar-refractivity contribution in [1.82, 2.24) is 15.5 Å². The molecule has 5 nitrogen and oxygen atoms in total. The normalized spacial score (nSPS) is 20.6. The number of halogens is 1. The van der Waals surface area contributed by atoms with Crippen molar-refractivity contribution in [1.29, 1.82) is 0 Å². The lowest BCUT2D eigenvalue weighted by Gasteiger charge is -2.37. The van der Waals surface area contributed by atoms with Gasteiger partial charge in [-0.05, 0) is 38.0 Å². The molecule has 0 amide bonds. The third-order valence-corrected chi connectivity index (χ3v) is 5.11. The third-order valence-electron chi connectivity index (χ3n) is 5.11. The second kappa shape index (κ2) is 12.9. The Bertz CT molecular complexity index is 420.